The van der Waals surface area contributed by atoms with Crippen molar-refractivity contribution in [3.05, 3.63) is 65.4 Å². The lowest BCUT2D eigenvalue weighted by molar-refractivity contribution is 0.299. The Morgan fingerprint density at radius 2 is 2.19 bits per heavy atom. The summed E-state index contributed by atoms with van der Waals surface area (Å²) < 4.78 is 7.87. The Morgan fingerprint density at radius 3 is 3.00 bits per heavy atom. The van der Waals surface area contributed by atoms with Gasteiger partial charge in [-0.3, -0.25) is 0 Å². The second kappa shape index (κ2) is 6.95. The molecule has 0 saturated carbocycles. The van der Waals surface area contributed by atoms with E-state index >= 15 is 0 Å². The fourth-order valence-electron chi connectivity index (χ4n) is 2.01. The van der Waals surface area contributed by atoms with E-state index in [0.29, 0.717) is 6.61 Å². The van der Waals surface area contributed by atoms with Crippen molar-refractivity contribution in [3.8, 4) is 5.75 Å². The first kappa shape index (κ1) is 13.7. The number of nitrogens with one attached hydrogen (secondary N) is 1. The van der Waals surface area contributed by atoms with Crippen LogP contribution in [-0.4, -0.2) is 16.2 Å². The fourth-order valence-corrected chi connectivity index (χ4v) is 2.68. The van der Waals surface area contributed by atoms with Gasteiger partial charge in [-0.25, -0.2) is 4.98 Å². The minimum Gasteiger partial charge on any atom is -0.490 e. The van der Waals surface area contributed by atoms with Crippen LogP contribution in [0.2, 0.25) is 0 Å². The minimum absolute atomic E-state index is 0.619. The van der Waals surface area contributed by atoms with Crippen LogP contribution >= 0.6 is 11.3 Å². The second-order valence-corrected chi connectivity index (χ2v) is 5.41. The molecule has 5 heteroatoms. The Kier molecular flexibility index (Phi) is 4.53. The highest BCUT2D eigenvalue weighted by molar-refractivity contribution is 7.07. The van der Waals surface area contributed by atoms with Gasteiger partial charge in [0.1, 0.15) is 12.4 Å². The summed E-state index contributed by atoms with van der Waals surface area (Å²) in [5.74, 6) is 0.882. The SMILES string of the molecule is c1ccc(OCCn2ccnc2)c(NCc2ccsc2)c1. The molecular formula is C16H17N3OS. The Balaban J connectivity index is 1.56. The van der Waals surface area contributed by atoms with Crippen LogP contribution in [0.4, 0.5) is 5.69 Å². The van der Waals surface area contributed by atoms with Crippen LogP contribution in [0.15, 0.2) is 59.8 Å². The molecule has 0 amide bonds. The molecule has 0 saturated heterocycles. The number of rotatable bonds is 7. The first-order valence-corrected chi connectivity index (χ1v) is 7.78. The van der Waals surface area contributed by atoms with Crippen LogP contribution in [0.5, 0.6) is 5.75 Å². The lowest BCUT2D eigenvalue weighted by Gasteiger charge is -2.13. The highest BCUT2D eigenvalue weighted by Crippen LogP contribution is 2.24. The molecule has 2 heterocycles. The van der Waals surface area contributed by atoms with Crippen LogP contribution in [0, 0.1) is 0 Å². The average molecular weight is 299 g/mol. The van der Waals surface area contributed by atoms with E-state index in [4.69, 9.17) is 4.74 Å². The van der Waals surface area contributed by atoms with E-state index in [1.165, 1.54) is 5.56 Å². The summed E-state index contributed by atoms with van der Waals surface area (Å²) >= 11 is 1.71. The number of anilines is 1. The maximum atomic E-state index is 5.87. The maximum Gasteiger partial charge on any atom is 0.142 e. The highest BCUT2D eigenvalue weighted by Gasteiger charge is 2.03. The molecule has 0 spiro atoms. The van der Waals surface area contributed by atoms with Crippen LogP contribution in [-0.2, 0) is 13.1 Å². The lowest BCUT2D eigenvalue weighted by Crippen LogP contribution is -2.08. The van der Waals surface area contributed by atoms with Crippen molar-refractivity contribution >= 4 is 17.0 Å². The molecule has 3 aromatic rings. The third kappa shape index (κ3) is 3.86. The zero-order chi connectivity index (χ0) is 14.3. The third-order valence-corrected chi connectivity index (χ3v) is 3.85. The highest BCUT2D eigenvalue weighted by atomic mass is 32.1. The molecule has 2 aromatic heterocycles. The number of hydrogen-bond acceptors (Lipinski definition) is 4. The molecule has 0 aliphatic carbocycles. The van der Waals surface area contributed by atoms with Crippen molar-refractivity contribution < 1.29 is 4.74 Å². The molecular weight excluding hydrogens is 282 g/mol. The number of hydrogen-bond donors (Lipinski definition) is 1. The molecule has 4 nitrogen and oxygen atoms in total. The third-order valence-electron chi connectivity index (χ3n) is 3.12. The molecule has 0 unspecified atom stereocenters. The van der Waals surface area contributed by atoms with E-state index in [-0.39, 0.29) is 0 Å². The molecule has 1 N–H and O–H groups in total. The van der Waals surface area contributed by atoms with Crippen molar-refractivity contribution in [2.75, 3.05) is 11.9 Å². The molecule has 0 aliphatic rings. The van der Waals surface area contributed by atoms with E-state index in [2.05, 4.69) is 27.1 Å². The van der Waals surface area contributed by atoms with Crippen molar-refractivity contribution in [1.82, 2.24) is 9.55 Å². The van der Waals surface area contributed by atoms with Crippen molar-refractivity contribution in [1.29, 1.82) is 0 Å². The molecule has 108 valence electrons. The van der Waals surface area contributed by atoms with E-state index in [1.807, 2.05) is 35.0 Å². The summed E-state index contributed by atoms with van der Waals surface area (Å²) in [5, 5.41) is 7.66. The van der Waals surface area contributed by atoms with Gasteiger partial charge in [0.2, 0.25) is 0 Å². The van der Waals surface area contributed by atoms with Gasteiger partial charge in [-0.05, 0) is 34.5 Å². The zero-order valence-electron chi connectivity index (χ0n) is 11.6. The number of nitrogens with zero attached hydrogens (tertiary/aromatic N) is 2. The molecule has 1 aromatic carbocycles. The predicted octanol–water partition coefficient (Wildman–Crippen LogP) is 3.64. The van der Waals surface area contributed by atoms with Crippen LogP contribution in [0.1, 0.15) is 5.56 Å². The molecule has 0 atom stereocenters. The first-order chi connectivity index (χ1) is 10.4. The Labute approximate surface area is 128 Å². The predicted molar refractivity (Wildman–Crippen MR) is 85.8 cm³/mol. The molecule has 0 bridgehead atoms. The van der Waals surface area contributed by atoms with Crippen LogP contribution in [0.3, 0.4) is 0 Å². The quantitative estimate of drug-likeness (QED) is 0.724. The summed E-state index contributed by atoms with van der Waals surface area (Å²) in [6, 6.07) is 10.2. The number of thiophene rings is 1. The molecule has 0 fully saturated rings. The summed E-state index contributed by atoms with van der Waals surface area (Å²) in [7, 11) is 0. The molecule has 21 heavy (non-hydrogen) atoms. The van der Waals surface area contributed by atoms with Gasteiger partial charge in [-0.2, -0.15) is 11.3 Å². The number of para-hydroxylation sites is 2. The summed E-state index contributed by atoms with van der Waals surface area (Å²) in [4.78, 5) is 4.02. The van der Waals surface area contributed by atoms with Gasteiger partial charge >= 0.3 is 0 Å². The van der Waals surface area contributed by atoms with Gasteiger partial charge < -0.3 is 14.6 Å². The zero-order valence-corrected chi connectivity index (χ0v) is 12.4. The van der Waals surface area contributed by atoms with Crippen molar-refractivity contribution in [2.45, 2.75) is 13.1 Å². The van der Waals surface area contributed by atoms with Gasteiger partial charge in [-0.1, -0.05) is 12.1 Å². The average Bonchev–Trinajstić information content (AvgIpc) is 3.20. The van der Waals surface area contributed by atoms with Gasteiger partial charge in [0, 0.05) is 18.9 Å². The number of ether oxygens (including phenoxy) is 1. The van der Waals surface area contributed by atoms with E-state index in [1.54, 1.807) is 23.9 Å². The minimum atomic E-state index is 0.619. The van der Waals surface area contributed by atoms with Gasteiger partial charge in [0.15, 0.2) is 0 Å². The van der Waals surface area contributed by atoms with Gasteiger partial charge in [0.25, 0.3) is 0 Å². The van der Waals surface area contributed by atoms with Gasteiger partial charge in [-0.15, -0.1) is 0 Å². The lowest BCUT2D eigenvalue weighted by atomic mass is 10.2. The normalized spacial score (nSPS) is 10.5. The van der Waals surface area contributed by atoms with Gasteiger partial charge in [0.05, 0.1) is 18.6 Å². The summed E-state index contributed by atoms with van der Waals surface area (Å²) in [5.41, 5.74) is 2.31. The monoisotopic (exact) mass is 299 g/mol. The van der Waals surface area contributed by atoms with E-state index in [9.17, 15) is 0 Å². The Morgan fingerprint density at radius 1 is 1.24 bits per heavy atom. The Hall–Kier alpha value is -2.27. The number of imidazole rings is 1. The summed E-state index contributed by atoms with van der Waals surface area (Å²) in [6.45, 7) is 2.22. The molecule has 3 rings (SSSR count). The molecule has 0 aliphatic heterocycles. The fraction of sp³-hybridized carbons (Fsp3) is 0.188. The summed E-state index contributed by atoms with van der Waals surface area (Å²) in [6.07, 6.45) is 5.50. The Bertz CT molecular complexity index is 650. The topological polar surface area (TPSA) is 39.1 Å². The van der Waals surface area contributed by atoms with Crippen molar-refractivity contribution in [3.63, 3.8) is 0 Å². The van der Waals surface area contributed by atoms with E-state index < -0.39 is 0 Å². The van der Waals surface area contributed by atoms with Crippen LogP contribution in [0.25, 0.3) is 0 Å². The second-order valence-electron chi connectivity index (χ2n) is 4.63. The smallest absolute Gasteiger partial charge is 0.142 e. The maximum absolute atomic E-state index is 5.87. The molecule has 0 radical (unpaired) electrons. The van der Waals surface area contributed by atoms with Crippen molar-refractivity contribution in [2.24, 2.45) is 0 Å². The van der Waals surface area contributed by atoms with E-state index in [0.717, 1.165) is 24.5 Å². The first-order valence-electron chi connectivity index (χ1n) is 6.84. The number of aromatic nitrogens is 2. The largest absolute Gasteiger partial charge is 0.490 e. The van der Waals surface area contributed by atoms with Crippen LogP contribution < -0.4 is 10.1 Å². The standard InChI is InChI=1S/C16H17N3OS/c1-2-4-16(20-9-8-19-7-6-17-13-19)15(3-1)18-11-14-5-10-21-12-14/h1-7,10,12-13,18H,8-9,11H2. The number of benzene rings is 1.